The van der Waals surface area contributed by atoms with E-state index in [4.69, 9.17) is 4.18 Å². The van der Waals surface area contributed by atoms with Crippen molar-refractivity contribution in [3.63, 3.8) is 0 Å². The van der Waals surface area contributed by atoms with Crippen LogP contribution in [0.5, 0.6) is 5.75 Å². The van der Waals surface area contributed by atoms with Crippen LogP contribution in [0, 0.1) is 10.1 Å². The Balaban J connectivity index is 1.85. The quantitative estimate of drug-likeness (QED) is 0.487. The van der Waals surface area contributed by atoms with Crippen LogP contribution in [-0.2, 0) is 16.5 Å². The van der Waals surface area contributed by atoms with Crippen molar-refractivity contribution in [1.29, 1.82) is 0 Å². The highest BCUT2D eigenvalue weighted by Crippen LogP contribution is 2.29. The Morgan fingerprint density at radius 1 is 1.00 bits per heavy atom. The van der Waals surface area contributed by atoms with Gasteiger partial charge in [0.05, 0.1) is 9.83 Å². The maximum absolute atomic E-state index is 12.4. The molecule has 0 saturated carbocycles. The van der Waals surface area contributed by atoms with Crippen molar-refractivity contribution in [3.8, 4) is 5.75 Å². The molecule has 0 bridgehead atoms. The standard InChI is InChI=1S/C16H13NO5S/c18-17(19)14-6-8-15(9-7-14)22-23(20,21)16-10-5-12-3-1-2-4-13(12)11-16/h1-4,6-9,11H,5,10H2. The minimum Gasteiger partial charge on any atom is -0.379 e. The molecule has 0 saturated heterocycles. The van der Waals surface area contributed by atoms with Gasteiger partial charge in [0.25, 0.3) is 5.69 Å². The van der Waals surface area contributed by atoms with Crippen LogP contribution in [0.4, 0.5) is 5.69 Å². The molecule has 23 heavy (non-hydrogen) atoms. The number of non-ortho nitro benzene ring substituents is 1. The summed E-state index contributed by atoms with van der Waals surface area (Å²) in [7, 11) is -3.92. The molecule has 3 rings (SSSR count). The highest BCUT2D eigenvalue weighted by atomic mass is 32.2. The second-order valence-corrected chi connectivity index (χ2v) is 6.70. The van der Waals surface area contributed by atoms with Crippen LogP contribution in [-0.4, -0.2) is 13.3 Å². The summed E-state index contributed by atoms with van der Waals surface area (Å²) in [5, 5.41) is 10.6. The molecule has 1 aliphatic carbocycles. The first-order valence-electron chi connectivity index (χ1n) is 6.93. The summed E-state index contributed by atoms with van der Waals surface area (Å²) >= 11 is 0. The average Bonchev–Trinajstić information content (AvgIpc) is 2.54. The van der Waals surface area contributed by atoms with Gasteiger partial charge in [0, 0.05) is 12.1 Å². The Hall–Kier alpha value is -2.67. The van der Waals surface area contributed by atoms with E-state index in [9.17, 15) is 18.5 Å². The molecule has 0 unspecified atom stereocenters. The van der Waals surface area contributed by atoms with E-state index in [1.807, 2.05) is 24.3 Å². The molecule has 0 fully saturated rings. The van der Waals surface area contributed by atoms with E-state index in [0.29, 0.717) is 12.8 Å². The Bertz CT molecular complexity index is 885. The van der Waals surface area contributed by atoms with Crippen molar-refractivity contribution in [3.05, 3.63) is 74.7 Å². The fourth-order valence-corrected chi connectivity index (χ4v) is 3.50. The van der Waals surface area contributed by atoms with Crippen LogP contribution in [0.15, 0.2) is 53.4 Å². The Morgan fingerprint density at radius 3 is 2.39 bits per heavy atom. The summed E-state index contributed by atoms with van der Waals surface area (Å²) in [5.74, 6) is 0.0513. The van der Waals surface area contributed by atoms with Crippen molar-refractivity contribution in [2.75, 3.05) is 0 Å². The zero-order valence-electron chi connectivity index (χ0n) is 12.0. The van der Waals surface area contributed by atoms with Crippen LogP contribution in [0.2, 0.25) is 0 Å². The zero-order valence-corrected chi connectivity index (χ0v) is 12.8. The summed E-state index contributed by atoms with van der Waals surface area (Å²) < 4.78 is 29.8. The SMILES string of the molecule is O=[N+]([O-])c1ccc(OS(=O)(=O)C2=Cc3ccccc3CC2)cc1. The summed E-state index contributed by atoms with van der Waals surface area (Å²) in [6.07, 6.45) is 2.61. The summed E-state index contributed by atoms with van der Waals surface area (Å²) in [4.78, 5) is 10.2. The van der Waals surface area contributed by atoms with Crippen LogP contribution in [0.1, 0.15) is 17.5 Å². The van der Waals surface area contributed by atoms with Gasteiger partial charge in [-0.3, -0.25) is 10.1 Å². The van der Waals surface area contributed by atoms with E-state index in [1.54, 1.807) is 6.08 Å². The largest absolute Gasteiger partial charge is 0.379 e. The lowest BCUT2D eigenvalue weighted by molar-refractivity contribution is -0.384. The molecule has 0 atom stereocenters. The van der Waals surface area contributed by atoms with Gasteiger partial charge in [-0.05, 0) is 42.2 Å². The third kappa shape index (κ3) is 3.24. The lowest BCUT2D eigenvalue weighted by Crippen LogP contribution is -2.15. The molecule has 6 nitrogen and oxygen atoms in total. The van der Waals surface area contributed by atoms with E-state index in [0.717, 1.165) is 11.1 Å². The van der Waals surface area contributed by atoms with Crippen LogP contribution < -0.4 is 4.18 Å². The number of benzene rings is 2. The molecule has 7 heteroatoms. The topological polar surface area (TPSA) is 86.5 Å². The molecule has 0 amide bonds. The summed E-state index contributed by atoms with van der Waals surface area (Å²) in [6.45, 7) is 0. The monoisotopic (exact) mass is 331 g/mol. The molecule has 2 aromatic carbocycles. The fourth-order valence-electron chi connectivity index (χ4n) is 2.41. The number of fused-ring (bicyclic) bond motifs is 1. The Morgan fingerprint density at radius 2 is 1.70 bits per heavy atom. The predicted octanol–water partition coefficient (Wildman–Crippen LogP) is 3.29. The second-order valence-electron chi connectivity index (χ2n) is 5.10. The van der Waals surface area contributed by atoms with Gasteiger partial charge < -0.3 is 4.18 Å². The van der Waals surface area contributed by atoms with E-state index < -0.39 is 15.0 Å². The molecule has 0 heterocycles. The minimum absolute atomic E-state index is 0.0513. The van der Waals surface area contributed by atoms with Gasteiger partial charge >= 0.3 is 10.1 Å². The molecule has 0 aromatic heterocycles. The van der Waals surface area contributed by atoms with Crippen molar-refractivity contribution in [1.82, 2.24) is 0 Å². The molecule has 0 aliphatic heterocycles. The Kier molecular flexibility index (Phi) is 3.87. The van der Waals surface area contributed by atoms with Crippen molar-refractivity contribution < 1.29 is 17.5 Å². The van der Waals surface area contributed by atoms with Gasteiger partial charge in [0.1, 0.15) is 5.75 Å². The second kappa shape index (κ2) is 5.85. The van der Waals surface area contributed by atoms with Gasteiger partial charge in [0.15, 0.2) is 0 Å². The number of hydrogen-bond acceptors (Lipinski definition) is 5. The van der Waals surface area contributed by atoms with Gasteiger partial charge in [-0.1, -0.05) is 24.3 Å². The molecule has 0 radical (unpaired) electrons. The number of rotatable bonds is 4. The number of aryl methyl sites for hydroxylation is 1. The maximum Gasteiger partial charge on any atom is 0.335 e. The third-order valence-corrected chi connectivity index (χ3v) is 4.96. The Labute approximate surface area is 133 Å². The molecular weight excluding hydrogens is 318 g/mol. The van der Waals surface area contributed by atoms with E-state index >= 15 is 0 Å². The van der Waals surface area contributed by atoms with Gasteiger partial charge in [-0.25, -0.2) is 0 Å². The zero-order chi connectivity index (χ0) is 16.4. The van der Waals surface area contributed by atoms with E-state index in [1.165, 1.54) is 24.3 Å². The maximum atomic E-state index is 12.4. The summed E-state index contributed by atoms with van der Waals surface area (Å²) in [5.41, 5.74) is 1.84. The molecule has 1 aliphatic rings. The van der Waals surface area contributed by atoms with Crippen LogP contribution >= 0.6 is 0 Å². The van der Waals surface area contributed by atoms with E-state index in [2.05, 4.69) is 0 Å². The normalized spacial score (nSPS) is 13.8. The average molecular weight is 331 g/mol. The predicted molar refractivity (Wildman–Crippen MR) is 85.4 cm³/mol. The molecule has 2 aromatic rings. The molecule has 118 valence electrons. The number of nitrogens with zero attached hydrogens (tertiary/aromatic N) is 1. The molecular formula is C16H13NO5S. The first-order valence-corrected chi connectivity index (χ1v) is 8.34. The van der Waals surface area contributed by atoms with Gasteiger partial charge in [0.2, 0.25) is 0 Å². The van der Waals surface area contributed by atoms with Crippen molar-refractivity contribution in [2.24, 2.45) is 0 Å². The van der Waals surface area contributed by atoms with Crippen molar-refractivity contribution in [2.45, 2.75) is 12.8 Å². The number of allylic oxidation sites excluding steroid dienone is 1. The lowest BCUT2D eigenvalue weighted by atomic mass is 9.98. The first kappa shape index (κ1) is 15.2. The number of nitro groups is 1. The van der Waals surface area contributed by atoms with Gasteiger partial charge in [-0.2, -0.15) is 8.42 Å². The fraction of sp³-hybridized carbons (Fsp3) is 0.125. The molecule has 0 spiro atoms. The minimum atomic E-state index is -3.92. The van der Waals surface area contributed by atoms with Crippen molar-refractivity contribution >= 4 is 21.9 Å². The third-order valence-electron chi connectivity index (χ3n) is 3.59. The number of hydrogen-bond donors (Lipinski definition) is 0. The lowest BCUT2D eigenvalue weighted by Gasteiger charge is -2.16. The summed E-state index contributed by atoms with van der Waals surface area (Å²) in [6, 6.07) is 12.5. The first-order chi connectivity index (χ1) is 11.0. The van der Waals surface area contributed by atoms with Crippen LogP contribution in [0.3, 0.4) is 0 Å². The highest BCUT2D eigenvalue weighted by molar-refractivity contribution is 7.91. The van der Waals surface area contributed by atoms with Gasteiger partial charge in [-0.15, -0.1) is 0 Å². The smallest absolute Gasteiger partial charge is 0.335 e. The number of nitro benzene ring substituents is 1. The van der Waals surface area contributed by atoms with Crippen LogP contribution in [0.25, 0.3) is 6.08 Å². The van der Waals surface area contributed by atoms with E-state index in [-0.39, 0.29) is 16.3 Å². The highest BCUT2D eigenvalue weighted by Gasteiger charge is 2.23. The molecule has 0 N–H and O–H groups in total.